The Kier molecular flexibility index (Phi) is 4.40. The highest BCUT2D eigenvalue weighted by Gasteiger charge is 2.02. The lowest BCUT2D eigenvalue weighted by Gasteiger charge is -2.08. The summed E-state index contributed by atoms with van der Waals surface area (Å²) in [7, 11) is 0. The largest absolute Gasteiger partial charge is 0.380 e. The van der Waals surface area contributed by atoms with Crippen LogP contribution < -0.4 is 5.32 Å². The highest BCUT2D eigenvalue weighted by atomic mass is 79.9. The number of anilines is 1. The summed E-state index contributed by atoms with van der Waals surface area (Å²) in [5.41, 5.74) is 2.67. The van der Waals surface area contributed by atoms with Crippen LogP contribution in [-0.2, 0) is 6.54 Å². The molecule has 0 heterocycles. The Morgan fingerprint density at radius 2 is 1.83 bits per heavy atom. The quantitative estimate of drug-likeness (QED) is 0.855. The zero-order chi connectivity index (χ0) is 13.0. The molecule has 2 aromatic rings. The van der Waals surface area contributed by atoms with Crippen LogP contribution in [0.3, 0.4) is 0 Å². The van der Waals surface area contributed by atoms with Gasteiger partial charge in [0.25, 0.3) is 0 Å². The second-order valence-electron chi connectivity index (χ2n) is 3.76. The third kappa shape index (κ3) is 3.12. The van der Waals surface area contributed by atoms with Crippen molar-refractivity contribution in [2.24, 2.45) is 0 Å². The number of halogens is 2. The minimum absolute atomic E-state index is 0.661. The van der Waals surface area contributed by atoms with Crippen LogP contribution in [0.25, 0.3) is 0 Å². The van der Waals surface area contributed by atoms with Gasteiger partial charge in [0.05, 0.1) is 11.3 Å². The average Bonchev–Trinajstić information content (AvgIpc) is 2.40. The SMILES string of the molecule is N#Cc1ccccc1NCc1ccc(Br)c(Br)c1. The minimum atomic E-state index is 0.661. The van der Waals surface area contributed by atoms with E-state index in [9.17, 15) is 0 Å². The summed E-state index contributed by atoms with van der Waals surface area (Å²) in [4.78, 5) is 0. The molecule has 0 aliphatic rings. The molecule has 0 radical (unpaired) electrons. The van der Waals surface area contributed by atoms with Crippen LogP contribution in [0.5, 0.6) is 0 Å². The van der Waals surface area contributed by atoms with Crippen molar-refractivity contribution in [3.63, 3.8) is 0 Å². The van der Waals surface area contributed by atoms with E-state index in [4.69, 9.17) is 5.26 Å². The predicted octanol–water partition coefficient (Wildman–Crippen LogP) is 4.70. The van der Waals surface area contributed by atoms with E-state index in [1.54, 1.807) is 6.07 Å². The van der Waals surface area contributed by atoms with E-state index in [-0.39, 0.29) is 0 Å². The Morgan fingerprint density at radius 1 is 1.06 bits per heavy atom. The average molecular weight is 366 g/mol. The van der Waals surface area contributed by atoms with Crippen LogP contribution >= 0.6 is 31.9 Å². The number of rotatable bonds is 3. The van der Waals surface area contributed by atoms with Crippen molar-refractivity contribution in [2.45, 2.75) is 6.54 Å². The number of nitriles is 1. The highest BCUT2D eigenvalue weighted by molar-refractivity contribution is 9.13. The molecule has 2 aromatic carbocycles. The van der Waals surface area contributed by atoms with Crippen molar-refractivity contribution in [3.8, 4) is 6.07 Å². The first-order valence-electron chi connectivity index (χ1n) is 5.37. The van der Waals surface area contributed by atoms with Crippen LogP contribution in [0.15, 0.2) is 51.4 Å². The lowest BCUT2D eigenvalue weighted by Crippen LogP contribution is -2.01. The molecule has 0 amide bonds. The number of nitrogens with zero attached hydrogens (tertiary/aromatic N) is 1. The molecular formula is C14H10Br2N2. The van der Waals surface area contributed by atoms with E-state index in [2.05, 4.69) is 43.2 Å². The van der Waals surface area contributed by atoms with Gasteiger partial charge in [-0.05, 0) is 61.7 Å². The fourth-order valence-corrected chi connectivity index (χ4v) is 2.25. The van der Waals surface area contributed by atoms with Crippen molar-refractivity contribution < 1.29 is 0 Å². The van der Waals surface area contributed by atoms with Crippen molar-refractivity contribution >= 4 is 37.5 Å². The Labute approximate surface area is 123 Å². The van der Waals surface area contributed by atoms with Crippen LogP contribution in [0, 0.1) is 11.3 Å². The maximum absolute atomic E-state index is 8.99. The molecule has 0 atom stereocenters. The summed E-state index contributed by atoms with van der Waals surface area (Å²) < 4.78 is 2.05. The topological polar surface area (TPSA) is 35.8 Å². The predicted molar refractivity (Wildman–Crippen MR) is 80.3 cm³/mol. The van der Waals surface area contributed by atoms with E-state index in [0.29, 0.717) is 12.1 Å². The van der Waals surface area contributed by atoms with Crippen LogP contribution in [0.1, 0.15) is 11.1 Å². The summed E-state index contributed by atoms with van der Waals surface area (Å²) in [6.07, 6.45) is 0. The fourth-order valence-electron chi connectivity index (χ4n) is 1.58. The Hall–Kier alpha value is -1.31. The molecular weight excluding hydrogens is 356 g/mol. The van der Waals surface area contributed by atoms with Gasteiger partial charge in [-0.15, -0.1) is 0 Å². The van der Waals surface area contributed by atoms with Crippen molar-refractivity contribution in [2.75, 3.05) is 5.32 Å². The third-order valence-electron chi connectivity index (χ3n) is 2.51. The van der Waals surface area contributed by atoms with Gasteiger partial charge in [0.15, 0.2) is 0 Å². The van der Waals surface area contributed by atoms with Crippen molar-refractivity contribution in [3.05, 3.63) is 62.5 Å². The normalized spacial score (nSPS) is 9.83. The molecule has 4 heteroatoms. The van der Waals surface area contributed by atoms with Gasteiger partial charge in [-0.3, -0.25) is 0 Å². The van der Waals surface area contributed by atoms with Gasteiger partial charge in [-0.25, -0.2) is 0 Å². The Balaban J connectivity index is 2.12. The Morgan fingerprint density at radius 3 is 2.56 bits per heavy atom. The van der Waals surface area contributed by atoms with Gasteiger partial charge in [0, 0.05) is 15.5 Å². The molecule has 1 N–H and O–H groups in total. The maximum atomic E-state index is 8.99. The summed E-state index contributed by atoms with van der Waals surface area (Å²) >= 11 is 6.91. The van der Waals surface area contributed by atoms with E-state index < -0.39 is 0 Å². The van der Waals surface area contributed by atoms with Crippen molar-refractivity contribution in [1.82, 2.24) is 0 Å². The number of nitrogens with one attached hydrogen (secondary N) is 1. The second-order valence-corrected chi connectivity index (χ2v) is 5.47. The monoisotopic (exact) mass is 364 g/mol. The third-order valence-corrected chi connectivity index (χ3v) is 4.39. The first-order valence-corrected chi connectivity index (χ1v) is 6.96. The molecule has 90 valence electrons. The number of benzene rings is 2. The van der Waals surface area contributed by atoms with Gasteiger partial charge in [0.2, 0.25) is 0 Å². The lowest BCUT2D eigenvalue weighted by atomic mass is 10.1. The van der Waals surface area contributed by atoms with Gasteiger partial charge in [-0.2, -0.15) is 5.26 Å². The van der Waals surface area contributed by atoms with Crippen LogP contribution in [0.4, 0.5) is 5.69 Å². The molecule has 0 saturated heterocycles. The molecule has 0 unspecified atom stereocenters. The van der Waals surface area contributed by atoms with Crippen LogP contribution in [-0.4, -0.2) is 0 Å². The van der Waals surface area contributed by atoms with Gasteiger partial charge < -0.3 is 5.32 Å². The molecule has 0 aliphatic heterocycles. The van der Waals surface area contributed by atoms with E-state index in [1.807, 2.05) is 36.4 Å². The minimum Gasteiger partial charge on any atom is -0.380 e. The smallest absolute Gasteiger partial charge is 0.101 e. The van der Waals surface area contributed by atoms with Crippen molar-refractivity contribution in [1.29, 1.82) is 5.26 Å². The number of hydrogen-bond acceptors (Lipinski definition) is 2. The fraction of sp³-hybridized carbons (Fsp3) is 0.0714. The van der Waals surface area contributed by atoms with Crippen LogP contribution in [0.2, 0.25) is 0 Å². The van der Waals surface area contributed by atoms with E-state index in [1.165, 1.54) is 0 Å². The molecule has 0 aromatic heterocycles. The number of hydrogen-bond donors (Lipinski definition) is 1. The zero-order valence-corrected chi connectivity index (χ0v) is 12.6. The summed E-state index contributed by atoms with van der Waals surface area (Å²) in [5.74, 6) is 0. The highest BCUT2D eigenvalue weighted by Crippen LogP contribution is 2.24. The van der Waals surface area contributed by atoms with Gasteiger partial charge in [-0.1, -0.05) is 18.2 Å². The molecule has 0 fully saturated rings. The number of para-hydroxylation sites is 1. The standard InChI is InChI=1S/C14H10Br2N2/c15-12-6-5-10(7-13(12)16)9-18-14-4-2-1-3-11(14)8-17/h1-7,18H,9H2. The lowest BCUT2D eigenvalue weighted by molar-refractivity contribution is 1.14. The van der Waals surface area contributed by atoms with Gasteiger partial charge in [0.1, 0.15) is 6.07 Å². The molecule has 2 rings (SSSR count). The second kappa shape index (κ2) is 6.03. The summed E-state index contributed by atoms with van der Waals surface area (Å²) in [6, 6.07) is 15.7. The molecule has 2 nitrogen and oxygen atoms in total. The summed E-state index contributed by atoms with van der Waals surface area (Å²) in [5, 5.41) is 12.3. The molecule has 0 aliphatic carbocycles. The first kappa shape index (κ1) is 13.1. The molecule has 0 bridgehead atoms. The van der Waals surface area contributed by atoms with Gasteiger partial charge >= 0.3 is 0 Å². The first-order chi connectivity index (χ1) is 8.70. The molecule has 0 spiro atoms. The Bertz CT molecular complexity index is 603. The molecule has 0 saturated carbocycles. The van der Waals surface area contributed by atoms with E-state index >= 15 is 0 Å². The summed E-state index contributed by atoms with van der Waals surface area (Å²) in [6.45, 7) is 0.685. The zero-order valence-electron chi connectivity index (χ0n) is 9.45. The van der Waals surface area contributed by atoms with E-state index in [0.717, 1.165) is 20.2 Å². The maximum Gasteiger partial charge on any atom is 0.101 e. The molecule has 18 heavy (non-hydrogen) atoms.